The number of aliphatic hydroxyl groups is 1. The molecule has 2 unspecified atom stereocenters. The quantitative estimate of drug-likeness (QED) is 0.825. The van der Waals surface area contributed by atoms with Crippen LogP contribution in [0.5, 0.6) is 0 Å². The van der Waals surface area contributed by atoms with Crippen molar-refractivity contribution in [2.24, 2.45) is 0 Å². The fourth-order valence-corrected chi connectivity index (χ4v) is 4.20. The SMILES string of the molecule is CNCC(O)CCN1c2ccccc2N(c2ccc(F)cc2F)S1=O. The molecule has 2 atom stereocenters. The van der Waals surface area contributed by atoms with Crippen molar-refractivity contribution >= 4 is 28.2 Å². The van der Waals surface area contributed by atoms with Crippen molar-refractivity contribution in [1.29, 1.82) is 0 Å². The Morgan fingerprint density at radius 2 is 1.88 bits per heavy atom. The second-order valence-corrected chi connectivity index (χ2v) is 6.98. The lowest BCUT2D eigenvalue weighted by molar-refractivity contribution is 0.167. The van der Waals surface area contributed by atoms with Gasteiger partial charge in [0.15, 0.2) is 5.82 Å². The molecular weight excluding hydrogens is 348 g/mol. The van der Waals surface area contributed by atoms with Gasteiger partial charge in [0.2, 0.25) is 11.2 Å². The first kappa shape index (κ1) is 17.8. The normalized spacial score (nSPS) is 17.7. The van der Waals surface area contributed by atoms with E-state index in [2.05, 4.69) is 5.32 Å². The number of benzene rings is 2. The number of hydrogen-bond donors (Lipinski definition) is 2. The van der Waals surface area contributed by atoms with Gasteiger partial charge in [-0.2, -0.15) is 0 Å². The van der Waals surface area contributed by atoms with Gasteiger partial charge >= 0.3 is 0 Å². The van der Waals surface area contributed by atoms with Crippen LogP contribution < -0.4 is 13.9 Å². The molecule has 2 N–H and O–H groups in total. The molecule has 8 heteroatoms. The topological polar surface area (TPSA) is 55.8 Å². The Kier molecular flexibility index (Phi) is 5.31. The van der Waals surface area contributed by atoms with Crippen LogP contribution in [0.3, 0.4) is 0 Å². The van der Waals surface area contributed by atoms with Gasteiger partial charge in [0.05, 0.1) is 23.2 Å². The minimum atomic E-state index is -1.71. The third-order valence-corrected chi connectivity index (χ3v) is 5.41. The number of hydrogen-bond acceptors (Lipinski definition) is 3. The van der Waals surface area contributed by atoms with Crippen LogP contribution in [0.25, 0.3) is 0 Å². The van der Waals surface area contributed by atoms with Crippen LogP contribution in [0.4, 0.5) is 25.8 Å². The van der Waals surface area contributed by atoms with Gasteiger partial charge in [-0.25, -0.2) is 17.3 Å². The van der Waals surface area contributed by atoms with E-state index in [9.17, 15) is 18.1 Å². The number of nitrogens with zero attached hydrogens (tertiary/aromatic N) is 2. The van der Waals surface area contributed by atoms with Crippen LogP contribution in [-0.2, 0) is 11.2 Å². The summed E-state index contributed by atoms with van der Waals surface area (Å²) in [7, 11) is 1.74. The molecule has 0 radical (unpaired) electrons. The Morgan fingerprint density at radius 1 is 1.16 bits per heavy atom. The van der Waals surface area contributed by atoms with Crippen LogP contribution in [0.15, 0.2) is 42.5 Å². The third-order valence-electron chi connectivity index (χ3n) is 3.95. The Balaban J connectivity index is 1.92. The van der Waals surface area contributed by atoms with E-state index in [1.807, 2.05) is 0 Å². The van der Waals surface area contributed by atoms with Gasteiger partial charge in [0, 0.05) is 19.2 Å². The molecule has 0 bridgehead atoms. The molecule has 1 aliphatic rings. The molecule has 0 aromatic heterocycles. The molecule has 25 heavy (non-hydrogen) atoms. The minimum absolute atomic E-state index is 0.0467. The smallest absolute Gasteiger partial charge is 0.230 e. The van der Waals surface area contributed by atoms with Gasteiger partial charge < -0.3 is 10.4 Å². The summed E-state index contributed by atoms with van der Waals surface area (Å²) in [4.78, 5) is 0. The molecule has 0 saturated carbocycles. The lowest BCUT2D eigenvalue weighted by atomic mass is 10.2. The summed E-state index contributed by atoms with van der Waals surface area (Å²) in [5, 5.41) is 12.8. The molecular formula is C17H19F2N3O2S. The van der Waals surface area contributed by atoms with Gasteiger partial charge in [-0.05, 0) is 37.7 Å². The van der Waals surface area contributed by atoms with Crippen molar-refractivity contribution in [2.75, 3.05) is 28.7 Å². The maximum absolute atomic E-state index is 14.2. The monoisotopic (exact) mass is 367 g/mol. The van der Waals surface area contributed by atoms with E-state index in [0.717, 1.165) is 12.1 Å². The summed E-state index contributed by atoms with van der Waals surface area (Å²) in [6.45, 7) is 0.768. The second-order valence-electron chi connectivity index (χ2n) is 5.71. The standard InChI is InChI=1S/C17H19F2N3O2S/c1-20-11-13(23)8-9-21-16-4-2-3-5-17(16)22(25(21)24)15-7-6-12(18)10-14(15)19/h2-7,10,13,20,23H,8-9,11H2,1H3. The average molecular weight is 367 g/mol. The first-order valence-corrected chi connectivity index (χ1v) is 8.95. The largest absolute Gasteiger partial charge is 0.392 e. The second kappa shape index (κ2) is 7.47. The Labute approximate surface area is 147 Å². The molecule has 5 nitrogen and oxygen atoms in total. The van der Waals surface area contributed by atoms with Gasteiger partial charge in [0.25, 0.3) is 0 Å². The number of anilines is 3. The van der Waals surface area contributed by atoms with Crippen molar-refractivity contribution in [1.82, 2.24) is 5.32 Å². The number of halogens is 2. The lowest BCUT2D eigenvalue weighted by Gasteiger charge is -2.21. The predicted octanol–water partition coefficient (Wildman–Crippen LogP) is 2.47. The van der Waals surface area contributed by atoms with Gasteiger partial charge in [-0.1, -0.05) is 12.1 Å². The number of aliphatic hydroxyl groups excluding tert-OH is 1. The summed E-state index contributed by atoms with van der Waals surface area (Å²) >= 11 is -1.71. The Bertz CT molecular complexity index is 790. The van der Waals surface area contributed by atoms with Gasteiger partial charge in [-0.15, -0.1) is 0 Å². The molecule has 2 aromatic rings. The number of likely N-dealkylation sites (N-methyl/N-ethyl adjacent to an activating group) is 1. The lowest BCUT2D eigenvalue weighted by Crippen LogP contribution is -2.33. The van der Waals surface area contributed by atoms with Crippen molar-refractivity contribution in [3.05, 3.63) is 54.1 Å². The highest BCUT2D eigenvalue weighted by Gasteiger charge is 2.35. The third kappa shape index (κ3) is 3.51. The molecule has 0 saturated heterocycles. The van der Waals surface area contributed by atoms with Crippen LogP contribution >= 0.6 is 0 Å². The summed E-state index contributed by atoms with van der Waals surface area (Å²) < 4.78 is 43.4. The van der Waals surface area contributed by atoms with Crippen LogP contribution in [-0.4, -0.2) is 35.6 Å². The highest BCUT2D eigenvalue weighted by Crippen LogP contribution is 2.44. The zero-order chi connectivity index (χ0) is 18.0. The van der Waals surface area contributed by atoms with E-state index in [0.29, 0.717) is 30.9 Å². The maximum atomic E-state index is 14.2. The molecule has 2 aromatic carbocycles. The van der Waals surface area contributed by atoms with E-state index >= 15 is 0 Å². The fraction of sp³-hybridized carbons (Fsp3) is 0.294. The Hall–Kier alpha value is -2.03. The number of fused-ring (bicyclic) bond motifs is 1. The van der Waals surface area contributed by atoms with Crippen LogP contribution in [0, 0.1) is 11.6 Å². The predicted molar refractivity (Wildman–Crippen MR) is 95.0 cm³/mol. The van der Waals surface area contributed by atoms with Crippen molar-refractivity contribution in [2.45, 2.75) is 12.5 Å². The number of nitrogens with one attached hydrogen (secondary N) is 1. The van der Waals surface area contributed by atoms with Crippen molar-refractivity contribution < 1.29 is 18.1 Å². The van der Waals surface area contributed by atoms with Crippen LogP contribution in [0.2, 0.25) is 0 Å². The zero-order valence-corrected chi connectivity index (χ0v) is 14.5. The molecule has 0 aliphatic carbocycles. The first-order chi connectivity index (χ1) is 12.0. The van der Waals surface area contributed by atoms with E-state index in [1.54, 1.807) is 35.6 Å². The summed E-state index contributed by atoms with van der Waals surface area (Å²) in [5.74, 6) is -1.47. The minimum Gasteiger partial charge on any atom is -0.392 e. The van der Waals surface area contributed by atoms with Crippen molar-refractivity contribution in [3.8, 4) is 0 Å². The highest BCUT2D eigenvalue weighted by molar-refractivity contribution is 7.88. The average Bonchev–Trinajstić information content (AvgIpc) is 2.85. The Morgan fingerprint density at radius 3 is 2.56 bits per heavy atom. The highest BCUT2D eigenvalue weighted by atomic mass is 32.2. The van der Waals surface area contributed by atoms with Crippen LogP contribution in [0.1, 0.15) is 6.42 Å². The van der Waals surface area contributed by atoms with E-state index in [-0.39, 0.29) is 5.69 Å². The molecule has 3 rings (SSSR count). The fourth-order valence-electron chi connectivity index (χ4n) is 2.78. The first-order valence-electron chi connectivity index (χ1n) is 7.89. The maximum Gasteiger partial charge on any atom is 0.230 e. The van der Waals surface area contributed by atoms with Gasteiger partial charge in [-0.3, -0.25) is 4.31 Å². The zero-order valence-electron chi connectivity index (χ0n) is 13.7. The molecule has 0 fully saturated rings. The van der Waals surface area contributed by atoms with Crippen molar-refractivity contribution in [3.63, 3.8) is 0 Å². The van der Waals surface area contributed by atoms with E-state index < -0.39 is 28.9 Å². The molecule has 0 spiro atoms. The summed E-state index contributed by atoms with van der Waals surface area (Å²) in [6, 6.07) is 10.3. The summed E-state index contributed by atoms with van der Waals surface area (Å²) in [6.07, 6.45) is -0.175. The number of rotatable bonds is 6. The molecule has 0 amide bonds. The summed E-state index contributed by atoms with van der Waals surface area (Å²) in [5.41, 5.74) is 1.31. The molecule has 1 heterocycles. The molecule has 1 aliphatic heterocycles. The van der Waals surface area contributed by atoms with E-state index in [4.69, 9.17) is 0 Å². The molecule has 134 valence electrons. The van der Waals surface area contributed by atoms with E-state index in [1.165, 1.54) is 10.4 Å². The number of para-hydroxylation sites is 2. The van der Waals surface area contributed by atoms with Gasteiger partial charge in [0.1, 0.15) is 5.82 Å².